The van der Waals surface area contributed by atoms with E-state index in [2.05, 4.69) is 17.1 Å². The minimum atomic E-state index is -3.32. The van der Waals surface area contributed by atoms with Gasteiger partial charge >= 0.3 is 6.09 Å². The molecule has 1 fully saturated rings. The zero-order chi connectivity index (χ0) is 29.9. The number of aryl methyl sites for hydroxylation is 1. The summed E-state index contributed by atoms with van der Waals surface area (Å²) in [5.74, 6) is 0.809. The third-order valence-corrected chi connectivity index (χ3v) is 9.99. The second-order valence-electron chi connectivity index (χ2n) is 11.6. The number of fused-ring (bicyclic) bond motifs is 1. The Labute approximate surface area is 253 Å². The van der Waals surface area contributed by atoms with Crippen molar-refractivity contribution < 1.29 is 22.7 Å². The first kappa shape index (κ1) is 28.9. The monoisotopic (exact) mass is 596 g/mol. The number of nitrogens with zero attached hydrogens (tertiary/aromatic N) is 2. The Balaban J connectivity index is 1.05. The van der Waals surface area contributed by atoms with E-state index in [1.807, 2.05) is 67.6 Å². The molecule has 1 spiro atoms. The number of benzene rings is 3. The van der Waals surface area contributed by atoms with Gasteiger partial charge in [0.25, 0.3) is 0 Å². The number of pyridine rings is 1. The zero-order valence-corrected chi connectivity index (χ0v) is 25.1. The fraction of sp³-hybridized carbons (Fsp3) is 0.314. The molecule has 0 bridgehead atoms. The predicted octanol–water partition coefficient (Wildman–Crippen LogP) is 6.92. The fourth-order valence-electron chi connectivity index (χ4n) is 5.97. The fourth-order valence-corrected chi connectivity index (χ4v) is 7.40. The van der Waals surface area contributed by atoms with Crippen molar-refractivity contribution >= 4 is 15.9 Å². The molecule has 8 heteroatoms. The Morgan fingerprint density at radius 2 is 1.63 bits per heavy atom. The first-order valence-corrected chi connectivity index (χ1v) is 16.6. The molecular formula is C35H36N2O5S. The zero-order valence-electron chi connectivity index (χ0n) is 24.3. The van der Waals surface area contributed by atoms with Gasteiger partial charge in [-0.2, -0.15) is 0 Å². The molecule has 0 saturated carbocycles. The Kier molecular flexibility index (Phi) is 8.21. The number of sulfone groups is 1. The maximum atomic E-state index is 12.8. The highest BCUT2D eigenvalue weighted by Crippen LogP contribution is 2.41. The Morgan fingerprint density at radius 3 is 2.35 bits per heavy atom. The van der Waals surface area contributed by atoms with Crippen LogP contribution in [0.2, 0.25) is 0 Å². The van der Waals surface area contributed by atoms with E-state index in [0.29, 0.717) is 18.8 Å². The van der Waals surface area contributed by atoms with E-state index < -0.39 is 9.84 Å². The summed E-state index contributed by atoms with van der Waals surface area (Å²) in [6.45, 7) is 3.12. The Bertz CT molecular complexity index is 1670. The third kappa shape index (κ3) is 6.91. The second-order valence-corrected chi connectivity index (χ2v) is 13.6. The standard InChI is InChI=1S/C35H36N2O5S/c1-26(28-7-3-2-4-8-28)41-34(38)37-21-18-35(19-22-37)17-16-31-23-30(14-15-33(31)42-35)29-12-10-27(11-13-29)24-43(39,40)25-32-9-5-6-20-36-32/h2-15,20,23,26H,16-19,21-22,24-25H2,1H3. The molecule has 0 radical (unpaired) electrons. The van der Waals surface area contributed by atoms with Crippen LogP contribution in [0.1, 0.15) is 54.7 Å². The maximum absolute atomic E-state index is 12.8. The Morgan fingerprint density at radius 1 is 0.907 bits per heavy atom. The number of hydrogen-bond donors (Lipinski definition) is 0. The minimum absolute atomic E-state index is 0.0227. The third-order valence-electron chi connectivity index (χ3n) is 8.48. The number of likely N-dealkylation sites (tertiary alicyclic amines) is 1. The molecule has 1 atom stereocenters. The van der Waals surface area contributed by atoms with E-state index in [0.717, 1.165) is 53.7 Å². The van der Waals surface area contributed by atoms with Crippen LogP contribution in [0.15, 0.2) is 97.2 Å². The molecule has 0 aliphatic carbocycles. The van der Waals surface area contributed by atoms with Crippen molar-refractivity contribution in [3.05, 3.63) is 120 Å². The maximum Gasteiger partial charge on any atom is 0.410 e. The number of rotatable bonds is 7. The predicted molar refractivity (Wildman–Crippen MR) is 166 cm³/mol. The van der Waals surface area contributed by atoms with Crippen LogP contribution in [0, 0.1) is 0 Å². The van der Waals surface area contributed by atoms with E-state index in [-0.39, 0.29) is 29.3 Å². The lowest BCUT2D eigenvalue weighted by Gasteiger charge is -2.44. The molecule has 1 amide bonds. The highest BCUT2D eigenvalue weighted by atomic mass is 32.2. The normalized spacial score (nSPS) is 16.6. The summed E-state index contributed by atoms with van der Waals surface area (Å²) in [6, 6.07) is 29.1. The van der Waals surface area contributed by atoms with Gasteiger partial charge in [0.1, 0.15) is 17.5 Å². The van der Waals surface area contributed by atoms with Crippen LogP contribution < -0.4 is 4.74 Å². The van der Waals surface area contributed by atoms with Gasteiger partial charge in [-0.1, -0.05) is 66.7 Å². The number of ether oxygens (including phenoxy) is 2. The molecule has 222 valence electrons. The van der Waals surface area contributed by atoms with Gasteiger partial charge < -0.3 is 14.4 Å². The SMILES string of the molecule is CC(OC(=O)N1CCC2(CCc3cc(-c4ccc(CS(=O)(=O)Cc5ccccn5)cc4)ccc3O2)CC1)c1ccccc1. The van der Waals surface area contributed by atoms with Gasteiger partial charge in [0.2, 0.25) is 0 Å². The smallest absolute Gasteiger partial charge is 0.410 e. The van der Waals surface area contributed by atoms with E-state index in [4.69, 9.17) is 9.47 Å². The molecular weight excluding hydrogens is 560 g/mol. The molecule has 4 aromatic rings. The molecule has 6 rings (SSSR count). The van der Waals surface area contributed by atoms with E-state index in [1.165, 1.54) is 5.56 Å². The van der Waals surface area contributed by atoms with Crippen LogP contribution in [0.4, 0.5) is 4.79 Å². The lowest BCUT2D eigenvalue weighted by molar-refractivity contribution is -0.0184. The molecule has 1 saturated heterocycles. The molecule has 2 aliphatic heterocycles. The molecule has 3 heterocycles. The van der Waals surface area contributed by atoms with E-state index in [9.17, 15) is 13.2 Å². The number of aromatic nitrogens is 1. The number of carbonyl (C=O) groups is 1. The summed E-state index contributed by atoms with van der Waals surface area (Å²) in [5.41, 5.74) is 5.31. The molecule has 7 nitrogen and oxygen atoms in total. The van der Waals surface area contributed by atoms with Gasteiger partial charge in [-0.3, -0.25) is 4.98 Å². The molecule has 43 heavy (non-hydrogen) atoms. The second kappa shape index (κ2) is 12.2. The summed E-state index contributed by atoms with van der Waals surface area (Å²) in [4.78, 5) is 18.8. The Hall–Kier alpha value is -4.17. The van der Waals surface area contributed by atoms with Crippen LogP contribution in [-0.4, -0.2) is 43.1 Å². The lowest BCUT2D eigenvalue weighted by atomic mass is 9.82. The van der Waals surface area contributed by atoms with Crippen molar-refractivity contribution in [3.8, 4) is 16.9 Å². The summed E-state index contributed by atoms with van der Waals surface area (Å²) < 4.78 is 37.7. The summed E-state index contributed by atoms with van der Waals surface area (Å²) in [6.07, 6.45) is 4.39. The van der Waals surface area contributed by atoms with Gasteiger partial charge in [0.15, 0.2) is 9.84 Å². The van der Waals surface area contributed by atoms with Crippen molar-refractivity contribution in [2.24, 2.45) is 0 Å². The van der Waals surface area contributed by atoms with E-state index >= 15 is 0 Å². The van der Waals surface area contributed by atoms with E-state index in [1.54, 1.807) is 29.3 Å². The van der Waals surface area contributed by atoms with Gasteiger partial charge in [0, 0.05) is 32.1 Å². The molecule has 1 unspecified atom stereocenters. The van der Waals surface area contributed by atoms with Crippen molar-refractivity contribution in [2.75, 3.05) is 13.1 Å². The van der Waals surface area contributed by atoms with Crippen molar-refractivity contribution in [1.29, 1.82) is 0 Å². The highest BCUT2D eigenvalue weighted by molar-refractivity contribution is 7.89. The number of amides is 1. The van der Waals surface area contributed by atoms with Gasteiger partial charge in [0.05, 0.1) is 17.2 Å². The molecule has 1 aromatic heterocycles. The molecule has 0 N–H and O–H groups in total. The van der Waals surface area contributed by atoms with Crippen LogP contribution in [0.3, 0.4) is 0 Å². The van der Waals surface area contributed by atoms with Crippen LogP contribution in [-0.2, 0) is 32.5 Å². The summed E-state index contributed by atoms with van der Waals surface area (Å²) >= 11 is 0. The van der Waals surface area contributed by atoms with Gasteiger partial charge in [-0.15, -0.1) is 0 Å². The average molecular weight is 597 g/mol. The van der Waals surface area contributed by atoms with Crippen LogP contribution >= 0.6 is 0 Å². The first-order valence-electron chi connectivity index (χ1n) is 14.8. The average Bonchev–Trinajstić information content (AvgIpc) is 3.02. The number of carbonyl (C=O) groups excluding carboxylic acids is 1. The van der Waals surface area contributed by atoms with Gasteiger partial charge in [-0.25, -0.2) is 13.2 Å². The minimum Gasteiger partial charge on any atom is -0.487 e. The lowest BCUT2D eigenvalue weighted by Crippen LogP contribution is -2.51. The van der Waals surface area contributed by atoms with Crippen molar-refractivity contribution in [3.63, 3.8) is 0 Å². The van der Waals surface area contributed by atoms with Crippen LogP contribution in [0.25, 0.3) is 11.1 Å². The topological polar surface area (TPSA) is 85.8 Å². The molecule has 2 aliphatic rings. The first-order chi connectivity index (χ1) is 20.8. The summed E-state index contributed by atoms with van der Waals surface area (Å²) in [7, 11) is -3.32. The quantitative estimate of drug-likeness (QED) is 0.230. The largest absolute Gasteiger partial charge is 0.487 e. The van der Waals surface area contributed by atoms with Crippen molar-refractivity contribution in [1.82, 2.24) is 9.88 Å². The highest BCUT2D eigenvalue weighted by Gasteiger charge is 2.41. The number of hydrogen-bond acceptors (Lipinski definition) is 6. The molecule has 3 aromatic carbocycles. The van der Waals surface area contributed by atoms with Crippen LogP contribution in [0.5, 0.6) is 5.75 Å². The summed E-state index contributed by atoms with van der Waals surface area (Å²) in [5, 5.41) is 0. The van der Waals surface area contributed by atoms with Gasteiger partial charge in [-0.05, 0) is 71.8 Å². The number of piperidine rings is 1. The van der Waals surface area contributed by atoms with Crippen molar-refractivity contribution in [2.45, 2.75) is 55.8 Å².